The van der Waals surface area contributed by atoms with E-state index in [1.807, 2.05) is 24.3 Å². The first-order valence-corrected chi connectivity index (χ1v) is 10.9. The van der Waals surface area contributed by atoms with Crippen molar-refractivity contribution >= 4 is 5.71 Å². The summed E-state index contributed by atoms with van der Waals surface area (Å²) in [4.78, 5) is 4.59. The molecule has 2 aliphatic rings. The Morgan fingerprint density at radius 3 is 1.87 bits per heavy atom. The van der Waals surface area contributed by atoms with Gasteiger partial charge in [0.2, 0.25) is 0 Å². The van der Waals surface area contributed by atoms with Gasteiger partial charge in [0.25, 0.3) is 0 Å². The second kappa shape index (κ2) is 13.9. The maximum Gasteiger partial charge on any atom is 0.118 e. The smallest absolute Gasteiger partial charge is 0.118 e. The van der Waals surface area contributed by atoms with Crippen LogP contribution in [0.4, 0.5) is 0 Å². The fraction of sp³-hybridized carbons (Fsp3) is 0.519. The Hall–Kier alpha value is -2.33. The van der Waals surface area contributed by atoms with E-state index >= 15 is 0 Å². The van der Waals surface area contributed by atoms with Crippen LogP contribution in [0.3, 0.4) is 0 Å². The molecule has 0 aliphatic carbocycles. The van der Waals surface area contributed by atoms with Crippen LogP contribution < -0.4 is 14.8 Å². The van der Waals surface area contributed by atoms with Crippen LogP contribution in [0.5, 0.6) is 11.5 Å². The standard InChI is InChI=1S/C12H17NO.C12H15NO.C2H6.CH4/c2*1-9-3-8-12(13-9)10-4-6-11(14-2)7-5-10;1-2;/h4-7,9,12-13H,3,8H2,1-2H3;4-7,9H,3,8H2,1-2H3;1-2H3;1H4/i;;1D;. The van der Waals surface area contributed by atoms with Gasteiger partial charge in [-0.15, -0.1) is 0 Å². The van der Waals surface area contributed by atoms with Crippen molar-refractivity contribution in [1.82, 2.24) is 5.32 Å². The van der Waals surface area contributed by atoms with Crippen LogP contribution in [0.2, 0.25) is 0 Å². The minimum atomic E-state index is 0. The minimum Gasteiger partial charge on any atom is -0.497 e. The molecule has 0 amide bonds. The molecule has 1 N–H and O–H groups in total. The van der Waals surface area contributed by atoms with Crippen molar-refractivity contribution in [2.75, 3.05) is 14.2 Å². The molecule has 2 aromatic rings. The van der Waals surface area contributed by atoms with Gasteiger partial charge >= 0.3 is 0 Å². The SMILES string of the molecule is C.COc1ccc(C2=NC(C)CC2)cc1.COc1ccc(C2CCC(C)N2)cc1.[2H]CC. The molecule has 0 aromatic heterocycles. The Kier molecular flexibility index (Phi) is 11.2. The number of hydrogen-bond donors (Lipinski definition) is 1. The monoisotopic (exact) mass is 427 g/mol. The summed E-state index contributed by atoms with van der Waals surface area (Å²) in [6, 6.07) is 18.2. The number of rotatable bonds is 4. The highest BCUT2D eigenvalue weighted by atomic mass is 16.5. The molecule has 2 aromatic carbocycles. The molecular weight excluding hydrogens is 384 g/mol. The normalized spacial score (nSPS) is 21.9. The number of aliphatic imine (C=N–C) groups is 1. The zero-order valence-corrected chi connectivity index (χ0v) is 19.2. The molecule has 0 saturated carbocycles. The maximum atomic E-state index is 6.21. The van der Waals surface area contributed by atoms with Gasteiger partial charge in [-0.1, -0.05) is 33.4 Å². The van der Waals surface area contributed by atoms with Crippen LogP contribution >= 0.6 is 0 Å². The van der Waals surface area contributed by atoms with Crippen molar-refractivity contribution in [2.24, 2.45) is 4.99 Å². The van der Waals surface area contributed by atoms with Crippen LogP contribution in [-0.4, -0.2) is 32.0 Å². The van der Waals surface area contributed by atoms with E-state index in [0.717, 1.165) is 17.9 Å². The highest BCUT2D eigenvalue weighted by Crippen LogP contribution is 2.27. The van der Waals surface area contributed by atoms with Crippen molar-refractivity contribution in [3.8, 4) is 11.5 Å². The molecular formula is C27H42N2O2. The van der Waals surface area contributed by atoms with Crippen molar-refractivity contribution in [2.45, 2.75) is 78.9 Å². The van der Waals surface area contributed by atoms with E-state index in [-0.39, 0.29) is 7.43 Å². The third-order valence-electron chi connectivity index (χ3n) is 5.49. The van der Waals surface area contributed by atoms with Gasteiger partial charge in [-0.2, -0.15) is 0 Å². The second-order valence-electron chi connectivity index (χ2n) is 7.66. The fourth-order valence-corrected chi connectivity index (χ4v) is 3.77. The first-order valence-electron chi connectivity index (χ1n) is 11.6. The first-order chi connectivity index (χ1) is 15.0. The molecule has 31 heavy (non-hydrogen) atoms. The molecule has 4 nitrogen and oxygen atoms in total. The van der Waals surface area contributed by atoms with Crippen molar-refractivity contribution in [3.63, 3.8) is 0 Å². The molecule has 0 spiro atoms. The second-order valence-corrected chi connectivity index (χ2v) is 7.66. The maximum absolute atomic E-state index is 6.21. The molecule has 172 valence electrons. The lowest BCUT2D eigenvalue weighted by Crippen LogP contribution is -2.20. The molecule has 2 aliphatic heterocycles. The quantitative estimate of drug-likeness (QED) is 0.581. The molecule has 1 fully saturated rings. The molecule has 4 heteroatoms. The summed E-state index contributed by atoms with van der Waals surface area (Å²) >= 11 is 0. The number of ether oxygens (including phenoxy) is 2. The largest absolute Gasteiger partial charge is 0.497 e. The Morgan fingerprint density at radius 2 is 1.45 bits per heavy atom. The predicted molar refractivity (Wildman–Crippen MR) is 134 cm³/mol. The lowest BCUT2D eigenvalue weighted by molar-refractivity contribution is 0.414. The molecule has 3 atom stereocenters. The third-order valence-corrected chi connectivity index (χ3v) is 5.49. The van der Waals surface area contributed by atoms with Crippen LogP contribution in [0.15, 0.2) is 53.5 Å². The summed E-state index contributed by atoms with van der Waals surface area (Å²) in [5.41, 5.74) is 3.84. The van der Waals surface area contributed by atoms with Crippen LogP contribution in [0.1, 0.15) is 79.3 Å². The van der Waals surface area contributed by atoms with Gasteiger partial charge in [0.15, 0.2) is 0 Å². The predicted octanol–water partition coefficient (Wildman–Crippen LogP) is 6.84. The van der Waals surface area contributed by atoms with Gasteiger partial charge in [0, 0.05) is 25.2 Å². The van der Waals surface area contributed by atoms with Gasteiger partial charge < -0.3 is 14.8 Å². The molecule has 0 radical (unpaired) electrons. The summed E-state index contributed by atoms with van der Waals surface area (Å²) in [5.74, 6) is 1.83. The van der Waals surface area contributed by atoms with Crippen molar-refractivity contribution in [3.05, 3.63) is 59.7 Å². The van der Waals surface area contributed by atoms with Gasteiger partial charge in [-0.05, 0) is 87.1 Å². The minimum absolute atomic E-state index is 0. The fourth-order valence-electron chi connectivity index (χ4n) is 3.77. The van der Waals surface area contributed by atoms with Crippen LogP contribution in [-0.2, 0) is 0 Å². The summed E-state index contributed by atoms with van der Waals surface area (Å²) in [6.45, 7) is 6.69. The highest BCUT2D eigenvalue weighted by molar-refractivity contribution is 6.01. The Bertz CT molecular complexity index is 790. The van der Waals surface area contributed by atoms with Crippen LogP contribution in [0.25, 0.3) is 0 Å². The van der Waals surface area contributed by atoms with Gasteiger partial charge in [0.1, 0.15) is 11.5 Å². The van der Waals surface area contributed by atoms with Gasteiger partial charge in [0.05, 0.1) is 14.2 Å². The number of methoxy groups -OCH3 is 2. The van der Waals surface area contributed by atoms with E-state index in [1.165, 1.54) is 36.1 Å². The number of benzene rings is 2. The highest BCUT2D eigenvalue weighted by Gasteiger charge is 2.21. The lowest BCUT2D eigenvalue weighted by atomic mass is 10.1. The van der Waals surface area contributed by atoms with E-state index in [4.69, 9.17) is 10.8 Å². The molecule has 3 unspecified atom stereocenters. The molecule has 2 heterocycles. The zero-order chi connectivity index (χ0) is 22.6. The number of nitrogens with one attached hydrogen (secondary N) is 1. The summed E-state index contributed by atoms with van der Waals surface area (Å²) < 4.78 is 16.5. The van der Waals surface area contributed by atoms with E-state index < -0.39 is 0 Å². The molecule has 4 rings (SSSR count). The van der Waals surface area contributed by atoms with Gasteiger partial charge in [-0.25, -0.2) is 0 Å². The van der Waals surface area contributed by atoms with Crippen molar-refractivity contribution < 1.29 is 10.8 Å². The number of hydrogen-bond acceptors (Lipinski definition) is 4. The van der Waals surface area contributed by atoms with Crippen molar-refractivity contribution in [1.29, 1.82) is 0 Å². The van der Waals surface area contributed by atoms with E-state index in [1.54, 1.807) is 21.1 Å². The zero-order valence-electron chi connectivity index (χ0n) is 20.2. The lowest BCUT2D eigenvalue weighted by Gasteiger charge is -2.12. The third kappa shape index (κ3) is 8.02. The Morgan fingerprint density at radius 1 is 0.903 bits per heavy atom. The summed E-state index contributed by atoms with van der Waals surface area (Å²) in [6.07, 6.45) is 4.80. The topological polar surface area (TPSA) is 42.9 Å². The van der Waals surface area contributed by atoms with E-state index in [2.05, 4.69) is 48.4 Å². The number of nitrogens with zero attached hydrogens (tertiary/aromatic N) is 1. The average Bonchev–Trinajstić information content (AvgIpc) is 3.43. The Balaban J connectivity index is 0.000000278. The summed E-state index contributed by atoms with van der Waals surface area (Å²) in [5, 5.41) is 3.57. The average molecular weight is 428 g/mol. The first kappa shape index (κ1) is 24.9. The van der Waals surface area contributed by atoms with Crippen LogP contribution in [0, 0.1) is 0 Å². The molecule has 0 bridgehead atoms. The Labute approximate surface area is 191 Å². The van der Waals surface area contributed by atoms with Gasteiger partial charge in [-0.3, -0.25) is 4.99 Å². The van der Waals surface area contributed by atoms with E-state index in [9.17, 15) is 0 Å². The molecule has 1 saturated heterocycles. The van der Waals surface area contributed by atoms with E-state index in [0.29, 0.717) is 25.0 Å². The summed E-state index contributed by atoms with van der Waals surface area (Å²) in [7, 11) is 3.38.